The summed E-state index contributed by atoms with van der Waals surface area (Å²) >= 11 is 0. The van der Waals surface area contributed by atoms with Crippen LogP contribution < -0.4 is 10.2 Å². The van der Waals surface area contributed by atoms with Crippen molar-refractivity contribution in [3.8, 4) is 0 Å². The summed E-state index contributed by atoms with van der Waals surface area (Å²) in [5.41, 5.74) is 4.55. The third-order valence-corrected chi connectivity index (χ3v) is 5.07. The average molecular weight is 365 g/mol. The molecule has 3 aromatic rings. The SMILES string of the molecule is Cc1ccc2nc(N(C)Cc3ccn[nH]3)c(CNCC3CCCO3)cc2c1. The van der Waals surface area contributed by atoms with Gasteiger partial charge in [-0.3, -0.25) is 5.10 Å². The first kappa shape index (κ1) is 17.9. The van der Waals surface area contributed by atoms with E-state index in [1.807, 2.05) is 6.07 Å². The van der Waals surface area contributed by atoms with Crippen molar-refractivity contribution in [3.05, 3.63) is 53.3 Å². The molecule has 1 fully saturated rings. The van der Waals surface area contributed by atoms with Gasteiger partial charge in [0.2, 0.25) is 0 Å². The Morgan fingerprint density at radius 3 is 3.00 bits per heavy atom. The van der Waals surface area contributed by atoms with Crippen molar-refractivity contribution in [1.29, 1.82) is 0 Å². The molecule has 1 unspecified atom stereocenters. The van der Waals surface area contributed by atoms with Gasteiger partial charge in [0.25, 0.3) is 0 Å². The lowest BCUT2D eigenvalue weighted by molar-refractivity contribution is 0.110. The predicted octanol–water partition coefficient (Wildman–Crippen LogP) is 3.17. The molecule has 0 bridgehead atoms. The summed E-state index contributed by atoms with van der Waals surface area (Å²) < 4.78 is 5.73. The standard InChI is InChI=1S/C21H27N5O/c1-15-5-6-20-16(10-15)11-17(12-22-13-19-4-3-9-27-19)21(24-20)26(2)14-18-7-8-23-25-18/h5-8,10-11,19,22H,3-4,9,12-14H2,1-2H3,(H,23,25). The molecule has 0 saturated carbocycles. The first-order valence-corrected chi connectivity index (χ1v) is 9.61. The van der Waals surface area contributed by atoms with E-state index in [0.29, 0.717) is 6.10 Å². The van der Waals surface area contributed by atoms with Gasteiger partial charge in [-0.1, -0.05) is 11.6 Å². The Bertz CT molecular complexity index is 887. The fraction of sp³-hybridized carbons (Fsp3) is 0.429. The number of nitrogens with one attached hydrogen (secondary N) is 2. The second-order valence-electron chi connectivity index (χ2n) is 7.37. The Morgan fingerprint density at radius 1 is 1.30 bits per heavy atom. The highest BCUT2D eigenvalue weighted by Crippen LogP contribution is 2.25. The zero-order valence-electron chi connectivity index (χ0n) is 16.0. The molecule has 1 atom stereocenters. The largest absolute Gasteiger partial charge is 0.377 e. The van der Waals surface area contributed by atoms with Gasteiger partial charge in [0.15, 0.2) is 0 Å². The molecular weight excluding hydrogens is 338 g/mol. The van der Waals surface area contributed by atoms with E-state index in [1.165, 1.54) is 22.9 Å². The summed E-state index contributed by atoms with van der Waals surface area (Å²) in [5.74, 6) is 1.00. The van der Waals surface area contributed by atoms with Gasteiger partial charge in [-0.2, -0.15) is 5.10 Å². The first-order valence-electron chi connectivity index (χ1n) is 9.61. The van der Waals surface area contributed by atoms with Crippen LogP contribution in [0.3, 0.4) is 0 Å². The minimum atomic E-state index is 0.340. The van der Waals surface area contributed by atoms with Crippen LogP contribution in [-0.2, 0) is 17.8 Å². The Balaban J connectivity index is 1.58. The highest BCUT2D eigenvalue weighted by Gasteiger charge is 2.16. The normalized spacial score (nSPS) is 16.9. The molecule has 1 aliphatic heterocycles. The molecule has 2 aromatic heterocycles. The number of pyridine rings is 1. The molecule has 6 heteroatoms. The Morgan fingerprint density at radius 2 is 2.22 bits per heavy atom. The molecule has 142 valence electrons. The molecule has 1 saturated heterocycles. The van der Waals surface area contributed by atoms with Crippen LogP contribution in [0.2, 0.25) is 0 Å². The number of H-pyrrole nitrogens is 1. The summed E-state index contributed by atoms with van der Waals surface area (Å²) in [5, 5.41) is 11.8. The van der Waals surface area contributed by atoms with Crippen LogP contribution in [0.5, 0.6) is 0 Å². The summed E-state index contributed by atoms with van der Waals surface area (Å²) in [6, 6.07) is 10.7. The van der Waals surface area contributed by atoms with Crippen LogP contribution in [-0.4, -0.2) is 41.5 Å². The van der Waals surface area contributed by atoms with Crippen molar-refractivity contribution in [2.45, 2.75) is 39.0 Å². The van der Waals surface area contributed by atoms with Crippen LogP contribution in [0.15, 0.2) is 36.5 Å². The Hall–Kier alpha value is -2.44. The maximum atomic E-state index is 5.73. The molecule has 1 aliphatic rings. The molecule has 27 heavy (non-hydrogen) atoms. The van der Waals surface area contributed by atoms with Crippen molar-refractivity contribution in [2.24, 2.45) is 0 Å². The van der Waals surface area contributed by atoms with Crippen LogP contribution >= 0.6 is 0 Å². The molecule has 0 aliphatic carbocycles. The van der Waals surface area contributed by atoms with Crippen molar-refractivity contribution in [3.63, 3.8) is 0 Å². The molecule has 3 heterocycles. The van der Waals surface area contributed by atoms with E-state index in [-0.39, 0.29) is 0 Å². The van der Waals surface area contributed by atoms with Crippen molar-refractivity contribution >= 4 is 16.7 Å². The highest BCUT2D eigenvalue weighted by molar-refractivity contribution is 5.82. The number of aromatic nitrogens is 3. The van der Waals surface area contributed by atoms with Gasteiger partial charge in [-0.15, -0.1) is 0 Å². The smallest absolute Gasteiger partial charge is 0.133 e. The molecule has 2 N–H and O–H groups in total. The predicted molar refractivity (Wildman–Crippen MR) is 108 cm³/mol. The highest BCUT2D eigenvalue weighted by atomic mass is 16.5. The minimum Gasteiger partial charge on any atom is -0.377 e. The molecule has 0 radical (unpaired) electrons. The number of ether oxygens (including phenoxy) is 1. The van der Waals surface area contributed by atoms with E-state index in [0.717, 1.165) is 49.7 Å². The fourth-order valence-electron chi connectivity index (χ4n) is 3.67. The van der Waals surface area contributed by atoms with Gasteiger partial charge in [-0.05, 0) is 44.0 Å². The van der Waals surface area contributed by atoms with Crippen LogP contribution in [0.1, 0.15) is 29.7 Å². The van der Waals surface area contributed by atoms with E-state index in [2.05, 4.69) is 58.7 Å². The molecule has 0 spiro atoms. The number of aryl methyl sites for hydroxylation is 1. The number of fused-ring (bicyclic) bond motifs is 1. The van der Waals surface area contributed by atoms with E-state index < -0.39 is 0 Å². The lowest BCUT2D eigenvalue weighted by Crippen LogP contribution is -2.27. The zero-order valence-corrected chi connectivity index (χ0v) is 16.0. The van der Waals surface area contributed by atoms with Crippen molar-refractivity contribution in [1.82, 2.24) is 20.5 Å². The number of nitrogens with zero attached hydrogens (tertiary/aromatic N) is 3. The fourth-order valence-corrected chi connectivity index (χ4v) is 3.67. The molecule has 4 rings (SSSR count). The zero-order chi connectivity index (χ0) is 18.6. The Labute approximate surface area is 159 Å². The third kappa shape index (κ3) is 4.28. The van der Waals surface area contributed by atoms with E-state index in [9.17, 15) is 0 Å². The maximum absolute atomic E-state index is 5.73. The number of rotatable bonds is 7. The minimum absolute atomic E-state index is 0.340. The van der Waals surface area contributed by atoms with Gasteiger partial charge in [0.05, 0.1) is 23.9 Å². The van der Waals surface area contributed by atoms with Gasteiger partial charge in [0.1, 0.15) is 5.82 Å². The summed E-state index contributed by atoms with van der Waals surface area (Å²) in [6.45, 7) is 5.41. The quantitative estimate of drug-likeness (QED) is 0.673. The molecular formula is C21H27N5O. The van der Waals surface area contributed by atoms with Gasteiger partial charge in [-0.25, -0.2) is 4.98 Å². The van der Waals surface area contributed by atoms with Gasteiger partial charge < -0.3 is 15.0 Å². The second kappa shape index (κ2) is 8.06. The van der Waals surface area contributed by atoms with E-state index in [1.54, 1.807) is 6.20 Å². The number of anilines is 1. The summed E-state index contributed by atoms with van der Waals surface area (Å²) in [6.07, 6.45) is 4.44. The lowest BCUT2D eigenvalue weighted by Gasteiger charge is -2.22. The third-order valence-electron chi connectivity index (χ3n) is 5.07. The monoisotopic (exact) mass is 365 g/mol. The molecule has 1 aromatic carbocycles. The van der Waals surface area contributed by atoms with E-state index >= 15 is 0 Å². The number of benzene rings is 1. The second-order valence-corrected chi connectivity index (χ2v) is 7.37. The van der Waals surface area contributed by atoms with E-state index in [4.69, 9.17) is 9.72 Å². The van der Waals surface area contributed by atoms with Crippen LogP contribution in [0.25, 0.3) is 10.9 Å². The number of hydrogen-bond acceptors (Lipinski definition) is 5. The molecule has 0 amide bonds. The van der Waals surface area contributed by atoms with Gasteiger partial charge >= 0.3 is 0 Å². The van der Waals surface area contributed by atoms with Crippen LogP contribution in [0, 0.1) is 6.92 Å². The molecule has 6 nitrogen and oxygen atoms in total. The topological polar surface area (TPSA) is 66.1 Å². The number of hydrogen-bond donors (Lipinski definition) is 2. The van der Waals surface area contributed by atoms with Crippen molar-refractivity contribution in [2.75, 3.05) is 25.1 Å². The lowest BCUT2D eigenvalue weighted by atomic mass is 10.1. The van der Waals surface area contributed by atoms with Crippen molar-refractivity contribution < 1.29 is 4.74 Å². The Kier molecular flexibility index (Phi) is 5.36. The number of aromatic amines is 1. The average Bonchev–Trinajstić information content (AvgIpc) is 3.35. The van der Waals surface area contributed by atoms with Crippen LogP contribution in [0.4, 0.5) is 5.82 Å². The summed E-state index contributed by atoms with van der Waals surface area (Å²) in [4.78, 5) is 7.14. The first-order chi connectivity index (χ1) is 13.2. The summed E-state index contributed by atoms with van der Waals surface area (Å²) in [7, 11) is 2.08. The maximum Gasteiger partial charge on any atom is 0.133 e. The van der Waals surface area contributed by atoms with Gasteiger partial charge in [0, 0.05) is 43.9 Å².